The van der Waals surface area contributed by atoms with E-state index < -0.39 is 0 Å². The minimum atomic E-state index is 0.378. The average Bonchev–Trinajstić information content (AvgIpc) is 2.32. The predicted octanol–water partition coefficient (Wildman–Crippen LogP) is 2.86. The second-order valence-corrected chi connectivity index (χ2v) is 3.69. The first-order valence-corrected chi connectivity index (χ1v) is 5.00. The van der Waals surface area contributed by atoms with E-state index in [0.717, 1.165) is 11.1 Å². The van der Waals surface area contributed by atoms with Gasteiger partial charge in [0, 0.05) is 28.0 Å². The lowest BCUT2D eigenvalue weighted by Gasteiger charge is -2.05. The highest BCUT2D eigenvalue weighted by Crippen LogP contribution is 2.29. The van der Waals surface area contributed by atoms with Crippen LogP contribution in [-0.4, -0.2) is 4.98 Å². The van der Waals surface area contributed by atoms with E-state index in [1.54, 1.807) is 36.5 Å². The molecule has 1 heterocycles. The van der Waals surface area contributed by atoms with Gasteiger partial charge in [0.2, 0.25) is 0 Å². The van der Waals surface area contributed by atoms with Crippen LogP contribution in [0.5, 0.6) is 0 Å². The maximum atomic E-state index is 8.64. The fourth-order valence-corrected chi connectivity index (χ4v) is 1.61. The van der Waals surface area contributed by atoms with Gasteiger partial charge in [0.1, 0.15) is 11.8 Å². The van der Waals surface area contributed by atoms with Crippen LogP contribution in [0.1, 0.15) is 5.69 Å². The van der Waals surface area contributed by atoms with Crippen molar-refractivity contribution in [2.24, 2.45) is 0 Å². The number of pyridine rings is 1. The number of halogens is 1. The normalized spacial score (nSPS) is 9.75. The summed E-state index contributed by atoms with van der Waals surface area (Å²) in [6.07, 6.45) is 1.61. The maximum Gasteiger partial charge on any atom is 0.140 e. The Hall–Kier alpha value is -2.05. The number of aromatic nitrogens is 1. The SMILES string of the molecule is N#Cc1ccc(-c2cc(N)ccc2Cl)cn1. The lowest BCUT2D eigenvalue weighted by molar-refractivity contribution is 1.26. The molecule has 1 aromatic carbocycles. The number of nitrogens with zero attached hydrogens (tertiary/aromatic N) is 2. The minimum Gasteiger partial charge on any atom is -0.399 e. The number of nitrogens with two attached hydrogens (primary N) is 1. The van der Waals surface area contributed by atoms with Gasteiger partial charge in [-0.05, 0) is 30.3 Å². The Morgan fingerprint density at radius 3 is 2.69 bits per heavy atom. The van der Waals surface area contributed by atoms with Gasteiger partial charge >= 0.3 is 0 Å². The first kappa shape index (κ1) is 10.5. The third kappa shape index (κ3) is 1.97. The van der Waals surface area contributed by atoms with E-state index in [-0.39, 0.29) is 0 Å². The van der Waals surface area contributed by atoms with Crippen LogP contribution in [0.3, 0.4) is 0 Å². The molecular formula is C12H8ClN3. The van der Waals surface area contributed by atoms with Gasteiger partial charge in [0.15, 0.2) is 0 Å². The van der Waals surface area contributed by atoms with E-state index in [9.17, 15) is 0 Å². The molecule has 0 saturated heterocycles. The van der Waals surface area contributed by atoms with E-state index in [1.165, 1.54) is 0 Å². The van der Waals surface area contributed by atoms with Gasteiger partial charge in [-0.3, -0.25) is 0 Å². The summed E-state index contributed by atoms with van der Waals surface area (Å²) in [6.45, 7) is 0. The van der Waals surface area contributed by atoms with Crippen molar-refractivity contribution in [1.82, 2.24) is 4.98 Å². The molecule has 0 bridgehead atoms. The quantitative estimate of drug-likeness (QED) is 0.765. The highest BCUT2D eigenvalue weighted by molar-refractivity contribution is 6.33. The molecule has 0 unspecified atom stereocenters. The van der Waals surface area contributed by atoms with Crippen LogP contribution in [0.4, 0.5) is 5.69 Å². The minimum absolute atomic E-state index is 0.378. The molecule has 0 radical (unpaired) electrons. The summed E-state index contributed by atoms with van der Waals surface area (Å²) in [5.74, 6) is 0. The van der Waals surface area contributed by atoms with Crippen LogP contribution in [0.2, 0.25) is 5.02 Å². The largest absolute Gasteiger partial charge is 0.399 e. The molecule has 3 nitrogen and oxygen atoms in total. The Morgan fingerprint density at radius 1 is 1.25 bits per heavy atom. The Bertz CT molecular complexity index is 555. The number of hydrogen-bond donors (Lipinski definition) is 1. The van der Waals surface area contributed by atoms with Crippen molar-refractivity contribution in [1.29, 1.82) is 5.26 Å². The van der Waals surface area contributed by atoms with E-state index in [4.69, 9.17) is 22.6 Å². The molecule has 0 aliphatic rings. The third-order valence-electron chi connectivity index (χ3n) is 2.18. The van der Waals surface area contributed by atoms with Crippen LogP contribution < -0.4 is 5.73 Å². The standard InChI is InChI=1S/C12H8ClN3/c13-12-4-2-9(15)5-11(12)8-1-3-10(6-14)16-7-8/h1-5,7H,15H2. The highest BCUT2D eigenvalue weighted by Gasteiger charge is 2.04. The summed E-state index contributed by atoms with van der Waals surface area (Å²) in [5.41, 5.74) is 8.37. The zero-order chi connectivity index (χ0) is 11.5. The lowest BCUT2D eigenvalue weighted by Crippen LogP contribution is -1.88. The van der Waals surface area contributed by atoms with Crippen molar-refractivity contribution in [2.45, 2.75) is 0 Å². The Morgan fingerprint density at radius 2 is 2.06 bits per heavy atom. The molecular weight excluding hydrogens is 222 g/mol. The van der Waals surface area contributed by atoms with Crippen molar-refractivity contribution >= 4 is 17.3 Å². The average molecular weight is 230 g/mol. The van der Waals surface area contributed by atoms with Gasteiger partial charge in [-0.25, -0.2) is 4.98 Å². The summed E-state index contributed by atoms with van der Waals surface area (Å²) in [4.78, 5) is 3.98. The fraction of sp³-hybridized carbons (Fsp3) is 0. The molecule has 2 aromatic rings. The molecule has 0 amide bonds. The van der Waals surface area contributed by atoms with Crippen molar-refractivity contribution in [3.8, 4) is 17.2 Å². The Balaban J connectivity index is 2.50. The van der Waals surface area contributed by atoms with Crippen LogP contribution in [0.25, 0.3) is 11.1 Å². The second kappa shape index (κ2) is 4.21. The molecule has 4 heteroatoms. The molecule has 0 saturated carbocycles. The van der Waals surface area contributed by atoms with E-state index >= 15 is 0 Å². The van der Waals surface area contributed by atoms with Crippen molar-refractivity contribution in [3.63, 3.8) is 0 Å². The van der Waals surface area contributed by atoms with Gasteiger partial charge in [-0.15, -0.1) is 0 Å². The molecule has 0 fully saturated rings. The lowest BCUT2D eigenvalue weighted by atomic mass is 10.1. The Labute approximate surface area is 98.1 Å². The molecule has 0 aliphatic carbocycles. The first-order chi connectivity index (χ1) is 7.70. The fourth-order valence-electron chi connectivity index (χ4n) is 1.38. The predicted molar refractivity (Wildman–Crippen MR) is 63.8 cm³/mol. The molecule has 0 spiro atoms. The molecule has 0 atom stereocenters. The van der Waals surface area contributed by atoms with E-state index in [2.05, 4.69) is 4.98 Å². The van der Waals surface area contributed by atoms with Gasteiger partial charge in [-0.1, -0.05) is 11.6 Å². The molecule has 1 aromatic heterocycles. The summed E-state index contributed by atoms with van der Waals surface area (Å²) in [5, 5.41) is 9.25. The first-order valence-electron chi connectivity index (χ1n) is 4.62. The van der Waals surface area contributed by atoms with Crippen molar-refractivity contribution in [3.05, 3.63) is 47.2 Å². The summed E-state index contributed by atoms with van der Waals surface area (Å²) < 4.78 is 0. The van der Waals surface area contributed by atoms with Crippen LogP contribution in [-0.2, 0) is 0 Å². The van der Waals surface area contributed by atoms with Crippen LogP contribution in [0.15, 0.2) is 36.5 Å². The number of rotatable bonds is 1. The molecule has 78 valence electrons. The molecule has 16 heavy (non-hydrogen) atoms. The number of benzene rings is 1. The zero-order valence-electron chi connectivity index (χ0n) is 8.31. The summed E-state index contributed by atoms with van der Waals surface area (Å²) >= 11 is 6.06. The molecule has 2 N–H and O–H groups in total. The van der Waals surface area contributed by atoms with Gasteiger partial charge in [0.25, 0.3) is 0 Å². The zero-order valence-corrected chi connectivity index (χ0v) is 9.07. The second-order valence-electron chi connectivity index (χ2n) is 3.28. The summed E-state index contributed by atoms with van der Waals surface area (Å²) in [7, 11) is 0. The van der Waals surface area contributed by atoms with Crippen molar-refractivity contribution in [2.75, 3.05) is 5.73 Å². The highest BCUT2D eigenvalue weighted by atomic mass is 35.5. The van der Waals surface area contributed by atoms with Crippen LogP contribution >= 0.6 is 11.6 Å². The van der Waals surface area contributed by atoms with Gasteiger partial charge < -0.3 is 5.73 Å². The van der Waals surface area contributed by atoms with Gasteiger partial charge in [0.05, 0.1) is 0 Å². The number of anilines is 1. The van der Waals surface area contributed by atoms with E-state index in [1.807, 2.05) is 6.07 Å². The monoisotopic (exact) mass is 229 g/mol. The smallest absolute Gasteiger partial charge is 0.140 e. The topological polar surface area (TPSA) is 62.7 Å². The Kier molecular flexibility index (Phi) is 2.76. The van der Waals surface area contributed by atoms with E-state index in [0.29, 0.717) is 16.4 Å². The number of nitrogen functional groups attached to an aromatic ring is 1. The third-order valence-corrected chi connectivity index (χ3v) is 2.51. The summed E-state index contributed by atoms with van der Waals surface area (Å²) in [6, 6.07) is 10.7. The number of hydrogen-bond acceptors (Lipinski definition) is 3. The van der Waals surface area contributed by atoms with Gasteiger partial charge in [-0.2, -0.15) is 5.26 Å². The molecule has 0 aliphatic heterocycles. The molecule has 2 rings (SSSR count). The van der Waals surface area contributed by atoms with Crippen molar-refractivity contribution < 1.29 is 0 Å². The van der Waals surface area contributed by atoms with Crippen LogP contribution in [0, 0.1) is 11.3 Å². The maximum absolute atomic E-state index is 8.64. The number of nitriles is 1.